The molecule has 2 N–H and O–H groups in total. The molecule has 116 valence electrons. The van der Waals surface area contributed by atoms with E-state index in [1.54, 1.807) is 25.3 Å². The molecule has 0 aliphatic rings. The number of thiophene rings is 1. The van der Waals surface area contributed by atoms with Crippen LogP contribution in [0.4, 0.5) is 5.69 Å². The molecule has 3 aromatic rings. The minimum atomic E-state index is -0.643. The molecule has 2 amide bonds. The van der Waals surface area contributed by atoms with Crippen LogP contribution in [0.3, 0.4) is 0 Å². The number of para-hydroxylation sites is 1. The van der Waals surface area contributed by atoms with Crippen LogP contribution >= 0.6 is 11.3 Å². The molecular weight excluding hydrogens is 310 g/mol. The molecule has 0 aliphatic carbocycles. The van der Waals surface area contributed by atoms with Crippen molar-refractivity contribution in [2.45, 2.75) is 13.0 Å². The van der Waals surface area contributed by atoms with Crippen molar-refractivity contribution in [3.63, 3.8) is 0 Å². The largest absolute Gasteiger partial charge is 0.340 e. The number of hydrogen-bond donors (Lipinski definition) is 2. The van der Waals surface area contributed by atoms with E-state index >= 15 is 0 Å². The van der Waals surface area contributed by atoms with Gasteiger partial charge in [-0.25, -0.2) is 0 Å². The average molecular weight is 325 g/mol. The molecule has 0 saturated carbocycles. The van der Waals surface area contributed by atoms with Gasteiger partial charge in [0.25, 0.3) is 5.91 Å². The molecule has 3 rings (SSSR count). The average Bonchev–Trinajstić information content (AvgIpc) is 3.09. The first-order valence-electron chi connectivity index (χ1n) is 7.13. The Hall–Kier alpha value is -2.73. The van der Waals surface area contributed by atoms with Crippen LogP contribution in [0.25, 0.3) is 10.9 Å². The van der Waals surface area contributed by atoms with E-state index in [1.807, 2.05) is 35.7 Å². The van der Waals surface area contributed by atoms with Gasteiger partial charge in [-0.05, 0) is 30.5 Å². The van der Waals surface area contributed by atoms with Crippen molar-refractivity contribution in [2.75, 3.05) is 5.32 Å². The summed E-state index contributed by atoms with van der Waals surface area (Å²) in [6.07, 6.45) is 1.61. The van der Waals surface area contributed by atoms with Gasteiger partial charge in [-0.3, -0.25) is 14.6 Å². The Morgan fingerprint density at radius 2 is 2.00 bits per heavy atom. The number of anilines is 1. The van der Waals surface area contributed by atoms with E-state index in [0.717, 1.165) is 10.9 Å². The maximum absolute atomic E-state index is 12.2. The number of nitrogens with one attached hydrogen (secondary N) is 2. The maximum atomic E-state index is 12.2. The Morgan fingerprint density at radius 1 is 1.17 bits per heavy atom. The van der Waals surface area contributed by atoms with E-state index < -0.39 is 6.04 Å². The number of fused-ring (bicyclic) bond motifs is 1. The van der Waals surface area contributed by atoms with Gasteiger partial charge in [-0.1, -0.05) is 24.3 Å². The third-order valence-corrected chi connectivity index (χ3v) is 4.21. The van der Waals surface area contributed by atoms with Gasteiger partial charge in [0.2, 0.25) is 5.91 Å². The van der Waals surface area contributed by atoms with Gasteiger partial charge in [0.15, 0.2) is 0 Å². The number of aromatic nitrogens is 1. The molecule has 0 radical (unpaired) electrons. The van der Waals surface area contributed by atoms with Gasteiger partial charge in [0, 0.05) is 5.39 Å². The molecule has 1 unspecified atom stereocenters. The second-order valence-corrected chi connectivity index (χ2v) is 6.03. The van der Waals surface area contributed by atoms with Gasteiger partial charge in [-0.15, -0.1) is 11.3 Å². The summed E-state index contributed by atoms with van der Waals surface area (Å²) >= 11 is 1.34. The summed E-state index contributed by atoms with van der Waals surface area (Å²) in [7, 11) is 0. The van der Waals surface area contributed by atoms with E-state index in [2.05, 4.69) is 15.6 Å². The van der Waals surface area contributed by atoms with E-state index in [9.17, 15) is 9.59 Å². The van der Waals surface area contributed by atoms with Crippen molar-refractivity contribution in [2.24, 2.45) is 0 Å². The van der Waals surface area contributed by atoms with Crippen LogP contribution in [0, 0.1) is 0 Å². The lowest BCUT2D eigenvalue weighted by molar-refractivity contribution is -0.117. The highest BCUT2D eigenvalue weighted by molar-refractivity contribution is 7.12. The molecule has 2 aromatic heterocycles. The second-order valence-electron chi connectivity index (χ2n) is 5.08. The summed E-state index contributed by atoms with van der Waals surface area (Å²) in [5.41, 5.74) is 1.47. The maximum Gasteiger partial charge on any atom is 0.261 e. The Kier molecular flexibility index (Phi) is 4.34. The van der Waals surface area contributed by atoms with Crippen LogP contribution in [0.1, 0.15) is 16.6 Å². The molecule has 1 aromatic carbocycles. The minimum Gasteiger partial charge on any atom is -0.340 e. The second kappa shape index (κ2) is 6.58. The fourth-order valence-electron chi connectivity index (χ4n) is 2.13. The molecule has 0 aliphatic heterocycles. The summed E-state index contributed by atoms with van der Waals surface area (Å²) in [5.74, 6) is -0.536. The number of benzene rings is 1. The zero-order valence-corrected chi connectivity index (χ0v) is 13.3. The number of carbonyl (C=O) groups is 2. The summed E-state index contributed by atoms with van der Waals surface area (Å²) < 4.78 is 0. The van der Waals surface area contributed by atoms with Gasteiger partial charge < -0.3 is 10.6 Å². The van der Waals surface area contributed by atoms with Crippen molar-refractivity contribution >= 4 is 39.7 Å². The molecule has 0 fully saturated rings. The molecule has 5 nitrogen and oxygen atoms in total. The number of carbonyl (C=O) groups excluding carboxylic acids is 2. The Bertz CT molecular complexity index is 846. The van der Waals surface area contributed by atoms with Crippen molar-refractivity contribution in [1.29, 1.82) is 0 Å². The highest BCUT2D eigenvalue weighted by Gasteiger charge is 2.17. The lowest BCUT2D eigenvalue weighted by Crippen LogP contribution is -2.41. The van der Waals surface area contributed by atoms with E-state index in [0.29, 0.717) is 10.6 Å². The molecule has 0 saturated heterocycles. The smallest absolute Gasteiger partial charge is 0.261 e. The van der Waals surface area contributed by atoms with E-state index in [1.165, 1.54) is 11.3 Å². The Labute approximate surface area is 137 Å². The third kappa shape index (κ3) is 3.54. The zero-order valence-electron chi connectivity index (χ0n) is 12.4. The zero-order chi connectivity index (χ0) is 16.2. The van der Waals surface area contributed by atoms with Crippen molar-refractivity contribution in [3.8, 4) is 0 Å². The fraction of sp³-hybridized carbons (Fsp3) is 0.118. The van der Waals surface area contributed by atoms with Gasteiger partial charge in [-0.2, -0.15) is 0 Å². The molecule has 23 heavy (non-hydrogen) atoms. The van der Waals surface area contributed by atoms with Crippen molar-refractivity contribution < 1.29 is 9.59 Å². The highest BCUT2D eigenvalue weighted by atomic mass is 32.1. The molecule has 6 heteroatoms. The quantitative estimate of drug-likeness (QED) is 0.774. The number of pyridine rings is 1. The van der Waals surface area contributed by atoms with Crippen LogP contribution < -0.4 is 10.6 Å². The predicted octanol–water partition coefficient (Wildman–Crippen LogP) is 3.05. The first-order chi connectivity index (χ1) is 11.1. The SMILES string of the molecule is CC(NC(=O)c1cccs1)C(=O)Nc1cnc2ccccc2c1. The predicted molar refractivity (Wildman–Crippen MR) is 91.6 cm³/mol. The number of nitrogens with zero attached hydrogens (tertiary/aromatic N) is 1. The topological polar surface area (TPSA) is 71.1 Å². The summed E-state index contributed by atoms with van der Waals surface area (Å²) in [6.45, 7) is 1.65. The van der Waals surface area contributed by atoms with Crippen LogP contribution in [-0.4, -0.2) is 22.8 Å². The van der Waals surface area contributed by atoms with Crippen molar-refractivity contribution in [3.05, 3.63) is 58.9 Å². The van der Waals surface area contributed by atoms with E-state index in [4.69, 9.17) is 0 Å². The Balaban J connectivity index is 1.66. The fourth-order valence-corrected chi connectivity index (χ4v) is 2.76. The monoisotopic (exact) mass is 325 g/mol. The molecule has 0 spiro atoms. The van der Waals surface area contributed by atoms with E-state index in [-0.39, 0.29) is 11.8 Å². The first-order valence-corrected chi connectivity index (χ1v) is 8.01. The number of amides is 2. The van der Waals surface area contributed by atoms with Gasteiger partial charge in [0.1, 0.15) is 6.04 Å². The van der Waals surface area contributed by atoms with Gasteiger partial charge >= 0.3 is 0 Å². The minimum absolute atomic E-state index is 0.251. The van der Waals surface area contributed by atoms with Crippen LogP contribution in [0.2, 0.25) is 0 Å². The third-order valence-electron chi connectivity index (χ3n) is 3.34. The summed E-state index contributed by atoms with van der Waals surface area (Å²) in [4.78, 5) is 29.0. The molecule has 1 atom stereocenters. The number of rotatable bonds is 4. The highest BCUT2D eigenvalue weighted by Crippen LogP contribution is 2.16. The lowest BCUT2D eigenvalue weighted by atomic mass is 10.2. The first kappa shape index (κ1) is 15.2. The van der Waals surface area contributed by atoms with Crippen LogP contribution in [0.15, 0.2) is 54.0 Å². The van der Waals surface area contributed by atoms with Crippen LogP contribution in [0.5, 0.6) is 0 Å². The summed E-state index contributed by atoms with van der Waals surface area (Å²) in [6, 6.07) is 12.4. The molecule has 0 bridgehead atoms. The molecular formula is C17H15N3O2S. The van der Waals surface area contributed by atoms with Crippen molar-refractivity contribution in [1.82, 2.24) is 10.3 Å². The molecule has 2 heterocycles. The number of hydrogen-bond acceptors (Lipinski definition) is 4. The van der Waals surface area contributed by atoms with Gasteiger partial charge in [0.05, 0.1) is 22.3 Å². The lowest BCUT2D eigenvalue weighted by Gasteiger charge is -2.13. The van der Waals surface area contributed by atoms with Crippen LogP contribution in [-0.2, 0) is 4.79 Å². The Morgan fingerprint density at radius 3 is 2.78 bits per heavy atom. The normalized spacial score (nSPS) is 11.9. The summed E-state index contributed by atoms with van der Waals surface area (Å²) in [5, 5.41) is 8.22. The standard InChI is InChI=1S/C17H15N3O2S/c1-11(19-17(22)15-7-4-8-23-15)16(21)20-13-9-12-5-2-3-6-14(12)18-10-13/h2-11H,1H3,(H,19,22)(H,20,21).